The van der Waals surface area contributed by atoms with Crippen LogP contribution in [0.25, 0.3) is 0 Å². The summed E-state index contributed by atoms with van der Waals surface area (Å²) in [4.78, 5) is 12.3. The number of carbonyl (C=O) groups is 1. The highest BCUT2D eigenvalue weighted by molar-refractivity contribution is 5.94. The van der Waals surface area contributed by atoms with Gasteiger partial charge in [-0.3, -0.25) is 4.79 Å². The van der Waals surface area contributed by atoms with Gasteiger partial charge in [-0.1, -0.05) is 24.3 Å². The molecule has 0 heterocycles. The van der Waals surface area contributed by atoms with Gasteiger partial charge in [0.1, 0.15) is 0 Å². The van der Waals surface area contributed by atoms with Crippen LogP contribution in [0.2, 0.25) is 0 Å². The number of allylic oxidation sites excluding steroid dienone is 2. The third-order valence-electron chi connectivity index (χ3n) is 4.42. The number of rotatable bonds is 2. The molecule has 0 bridgehead atoms. The Kier molecular flexibility index (Phi) is 3.41. The molecule has 1 unspecified atom stereocenters. The van der Waals surface area contributed by atoms with Gasteiger partial charge in [0, 0.05) is 11.6 Å². The molecule has 19 heavy (non-hydrogen) atoms. The van der Waals surface area contributed by atoms with Crippen LogP contribution in [0.4, 0.5) is 5.69 Å². The van der Waals surface area contributed by atoms with Crippen molar-refractivity contribution in [2.75, 3.05) is 5.32 Å². The van der Waals surface area contributed by atoms with Crippen molar-refractivity contribution in [2.24, 2.45) is 17.8 Å². The van der Waals surface area contributed by atoms with E-state index in [0.29, 0.717) is 11.8 Å². The molecule has 1 fully saturated rings. The van der Waals surface area contributed by atoms with Crippen molar-refractivity contribution in [3.05, 3.63) is 42.0 Å². The summed E-state index contributed by atoms with van der Waals surface area (Å²) in [5.74, 6) is 1.72. The molecule has 2 aliphatic rings. The molecule has 3 rings (SSSR count). The summed E-state index contributed by atoms with van der Waals surface area (Å²) in [6.45, 7) is 2.05. The average molecular weight is 255 g/mol. The molecule has 1 aromatic carbocycles. The van der Waals surface area contributed by atoms with Crippen LogP contribution in [0.1, 0.15) is 31.2 Å². The molecular formula is C17H21NO. The largest absolute Gasteiger partial charge is 0.326 e. The maximum atomic E-state index is 12.3. The van der Waals surface area contributed by atoms with Crippen molar-refractivity contribution in [3.63, 3.8) is 0 Å². The van der Waals surface area contributed by atoms with E-state index in [1.165, 1.54) is 18.4 Å². The lowest BCUT2D eigenvalue weighted by Gasteiger charge is -2.05. The van der Waals surface area contributed by atoms with Gasteiger partial charge >= 0.3 is 0 Å². The molecule has 0 aliphatic heterocycles. The predicted octanol–water partition coefficient (Wildman–Crippen LogP) is 3.93. The normalized spacial score (nSPS) is 30.7. The van der Waals surface area contributed by atoms with Crippen LogP contribution < -0.4 is 5.32 Å². The van der Waals surface area contributed by atoms with Crippen LogP contribution in [-0.4, -0.2) is 5.91 Å². The fourth-order valence-corrected chi connectivity index (χ4v) is 3.38. The van der Waals surface area contributed by atoms with Gasteiger partial charge < -0.3 is 5.32 Å². The Bertz CT molecular complexity index is 490. The van der Waals surface area contributed by atoms with Crippen molar-refractivity contribution in [1.82, 2.24) is 0 Å². The van der Waals surface area contributed by atoms with Crippen molar-refractivity contribution < 1.29 is 4.79 Å². The van der Waals surface area contributed by atoms with Crippen molar-refractivity contribution in [2.45, 2.75) is 32.6 Å². The molecule has 1 aromatic rings. The summed E-state index contributed by atoms with van der Waals surface area (Å²) in [5.41, 5.74) is 2.12. The van der Waals surface area contributed by atoms with E-state index in [9.17, 15) is 4.79 Å². The number of nitrogens with one attached hydrogen (secondary N) is 1. The van der Waals surface area contributed by atoms with E-state index in [-0.39, 0.29) is 11.8 Å². The number of carbonyl (C=O) groups excluding carboxylic acids is 1. The van der Waals surface area contributed by atoms with Crippen LogP contribution in [0.3, 0.4) is 0 Å². The van der Waals surface area contributed by atoms with E-state index in [4.69, 9.17) is 0 Å². The molecule has 2 aliphatic carbocycles. The maximum Gasteiger partial charge on any atom is 0.228 e. The summed E-state index contributed by atoms with van der Waals surface area (Å²) >= 11 is 0. The lowest BCUT2D eigenvalue weighted by atomic mass is 10.1. The predicted molar refractivity (Wildman–Crippen MR) is 77.9 cm³/mol. The molecule has 2 nitrogen and oxygen atoms in total. The second-order valence-electron chi connectivity index (χ2n) is 5.84. The lowest BCUT2D eigenvalue weighted by molar-refractivity contribution is -0.117. The van der Waals surface area contributed by atoms with Crippen LogP contribution in [0.5, 0.6) is 0 Å². The molecule has 0 saturated heterocycles. The van der Waals surface area contributed by atoms with Crippen molar-refractivity contribution in [3.8, 4) is 0 Å². The maximum absolute atomic E-state index is 12.3. The number of anilines is 1. The van der Waals surface area contributed by atoms with Crippen LogP contribution in [0.15, 0.2) is 36.4 Å². The van der Waals surface area contributed by atoms with Crippen LogP contribution >= 0.6 is 0 Å². The van der Waals surface area contributed by atoms with Gasteiger partial charge in [-0.15, -0.1) is 0 Å². The van der Waals surface area contributed by atoms with Crippen molar-refractivity contribution >= 4 is 11.6 Å². The molecular weight excluding hydrogens is 234 g/mol. The van der Waals surface area contributed by atoms with Gasteiger partial charge in [-0.25, -0.2) is 0 Å². The van der Waals surface area contributed by atoms with Crippen LogP contribution in [0, 0.1) is 24.7 Å². The molecule has 0 spiro atoms. The third-order valence-corrected chi connectivity index (χ3v) is 4.42. The van der Waals surface area contributed by atoms with Gasteiger partial charge in [0.15, 0.2) is 0 Å². The standard InChI is InChI=1S/C17H21NO/c1-12-7-6-8-13(11-12)18-17(19)16-14-9-4-2-3-5-10-15(14)16/h2-3,6-8,11,14-16H,4-5,9-10H2,1H3,(H,18,19)/b3-2-/t14-,15+,16?. The fourth-order valence-electron chi connectivity index (χ4n) is 3.38. The zero-order valence-corrected chi connectivity index (χ0v) is 11.4. The van der Waals surface area contributed by atoms with Gasteiger partial charge in [0.2, 0.25) is 5.91 Å². The molecule has 0 aromatic heterocycles. The van der Waals surface area contributed by atoms with Gasteiger partial charge in [-0.2, -0.15) is 0 Å². The number of amides is 1. The number of benzene rings is 1. The van der Waals surface area contributed by atoms with Crippen LogP contribution in [-0.2, 0) is 4.79 Å². The first-order valence-corrected chi connectivity index (χ1v) is 7.28. The number of fused-ring (bicyclic) bond motifs is 1. The van der Waals surface area contributed by atoms with E-state index in [1.54, 1.807) is 0 Å². The zero-order chi connectivity index (χ0) is 13.2. The highest BCUT2D eigenvalue weighted by Crippen LogP contribution is 2.53. The molecule has 2 heteroatoms. The smallest absolute Gasteiger partial charge is 0.228 e. The third kappa shape index (κ3) is 2.73. The summed E-state index contributed by atoms with van der Waals surface area (Å²) in [6, 6.07) is 8.04. The number of hydrogen-bond acceptors (Lipinski definition) is 1. The van der Waals surface area contributed by atoms with Gasteiger partial charge in [0.25, 0.3) is 0 Å². The number of hydrogen-bond donors (Lipinski definition) is 1. The first-order valence-electron chi connectivity index (χ1n) is 7.28. The minimum atomic E-state index is 0.225. The SMILES string of the molecule is Cc1cccc(NC(=O)C2[C@H]3CC/C=C\CC[C@@H]23)c1. The van der Waals surface area contributed by atoms with E-state index >= 15 is 0 Å². The molecule has 1 amide bonds. The zero-order valence-electron chi connectivity index (χ0n) is 11.4. The molecule has 1 N–H and O–H groups in total. The minimum Gasteiger partial charge on any atom is -0.326 e. The Morgan fingerprint density at radius 2 is 1.84 bits per heavy atom. The topological polar surface area (TPSA) is 29.1 Å². The fraction of sp³-hybridized carbons (Fsp3) is 0.471. The summed E-state index contributed by atoms with van der Waals surface area (Å²) < 4.78 is 0. The summed E-state index contributed by atoms with van der Waals surface area (Å²) in [6.07, 6.45) is 9.15. The Morgan fingerprint density at radius 3 is 2.47 bits per heavy atom. The molecule has 1 saturated carbocycles. The lowest BCUT2D eigenvalue weighted by Crippen LogP contribution is -2.15. The second-order valence-corrected chi connectivity index (χ2v) is 5.84. The second kappa shape index (κ2) is 5.20. The molecule has 100 valence electrons. The Labute approximate surface area is 114 Å². The first-order chi connectivity index (χ1) is 9.25. The summed E-state index contributed by atoms with van der Waals surface area (Å²) in [7, 11) is 0. The Morgan fingerprint density at radius 1 is 1.16 bits per heavy atom. The summed E-state index contributed by atoms with van der Waals surface area (Å²) in [5, 5.41) is 3.08. The minimum absolute atomic E-state index is 0.225. The van der Waals surface area contributed by atoms with Crippen molar-refractivity contribution in [1.29, 1.82) is 0 Å². The monoisotopic (exact) mass is 255 g/mol. The van der Waals surface area contributed by atoms with E-state index in [0.717, 1.165) is 18.5 Å². The van der Waals surface area contributed by atoms with E-state index < -0.39 is 0 Å². The molecule has 3 atom stereocenters. The average Bonchev–Trinajstić information content (AvgIpc) is 3.00. The quantitative estimate of drug-likeness (QED) is 0.797. The van der Waals surface area contributed by atoms with Gasteiger partial charge in [0.05, 0.1) is 0 Å². The highest BCUT2D eigenvalue weighted by atomic mass is 16.2. The number of aryl methyl sites for hydroxylation is 1. The Hall–Kier alpha value is -1.57. The van der Waals surface area contributed by atoms with E-state index in [2.05, 4.69) is 17.5 Å². The Balaban J connectivity index is 1.63. The first kappa shape index (κ1) is 12.5. The van der Waals surface area contributed by atoms with E-state index in [1.807, 2.05) is 31.2 Å². The van der Waals surface area contributed by atoms with Gasteiger partial charge in [-0.05, 0) is 62.1 Å². The highest BCUT2D eigenvalue weighted by Gasteiger charge is 2.53. The molecule has 0 radical (unpaired) electrons.